The average Bonchev–Trinajstić information content (AvgIpc) is 3.20. The number of rotatable bonds is 4. The monoisotopic (exact) mass is 407 g/mol. The molecule has 0 aliphatic rings. The van der Waals surface area contributed by atoms with Gasteiger partial charge in [0, 0.05) is 18.0 Å². The van der Waals surface area contributed by atoms with Gasteiger partial charge in [0.05, 0.1) is 23.3 Å². The molecule has 0 atom stereocenters. The van der Waals surface area contributed by atoms with Gasteiger partial charge >= 0.3 is 6.09 Å². The summed E-state index contributed by atoms with van der Waals surface area (Å²) in [5, 5.41) is 2.63. The van der Waals surface area contributed by atoms with E-state index in [1.807, 2.05) is 44.2 Å². The van der Waals surface area contributed by atoms with E-state index in [2.05, 4.69) is 15.3 Å². The minimum absolute atomic E-state index is 0.0473. The van der Waals surface area contributed by atoms with E-state index in [-0.39, 0.29) is 12.3 Å². The molecular weight excluding hydrogens is 385 g/mol. The molecule has 0 spiro atoms. The number of anilines is 2. The van der Waals surface area contributed by atoms with Crippen molar-refractivity contribution in [1.29, 1.82) is 0 Å². The van der Waals surface area contributed by atoms with E-state index in [9.17, 15) is 9.18 Å². The number of benzene rings is 2. The summed E-state index contributed by atoms with van der Waals surface area (Å²) in [6, 6.07) is 13.8. The van der Waals surface area contributed by atoms with Crippen LogP contribution in [0.25, 0.3) is 17.0 Å². The molecule has 4 aromatic rings. The first kappa shape index (κ1) is 20.8. The van der Waals surface area contributed by atoms with Crippen molar-refractivity contribution in [3.05, 3.63) is 78.5 Å². The Kier molecular flexibility index (Phi) is 6.59. The SMILES string of the molecule is CC.Nc1cc(-c2cn3cc(NC(=O)OCc4ccccc4)cnc3n2)ccc1F. The Labute approximate surface area is 173 Å². The van der Waals surface area contributed by atoms with Gasteiger partial charge in [-0.1, -0.05) is 44.2 Å². The molecule has 1 amide bonds. The zero-order valence-corrected chi connectivity index (χ0v) is 16.7. The van der Waals surface area contributed by atoms with Gasteiger partial charge in [-0.3, -0.25) is 9.72 Å². The lowest BCUT2D eigenvalue weighted by Crippen LogP contribution is -2.14. The number of ether oxygens (including phenoxy) is 1. The maximum absolute atomic E-state index is 13.3. The van der Waals surface area contributed by atoms with Crippen molar-refractivity contribution in [1.82, 2.24) is 14.4 Å². The first-order valence-electron chi connectivity index (χ1n) is 9.46. The molecule has 0 radical (unpaired) electrons. The van der Waals surface area contributed by atoms with Crippen molar-refractivity contribution in [2.75, 3.05) is 11.1 Å². The lowest BCUT2D eigenvalue weighted by Gasteiger charge is -2.07. The molecule has 0 saturated heterocycles. The highest BCUT2D eigenvalue weighted by atomic mass is 19.1. The van der Waals surface area contributed by atoms with Gasteiger partial charge in [0.25, 0.3) is 0 Å². The lowest BCUT2D eigenvalue weighted by molar-refractivity contribution is 0.155. The van der Waals surface area contributed by atoms with E-state index in [0.29, 0.717) is 22.7 Å². The van der Waals surface area contributed by atoms with Gasteiger partial charge in [-0.05, 0) is 23.8 Å². The van der Waals surface area contributed by atoms with Crippen LogP contribution in [0.5, 0.6) is 0 Å². The summed E-state index contributed by atoms with van der Waals surface area (Å²) in [6.45, 7) is 4.17. The number of nitrogens with one attached hydrogen (secondary N) is 1. The van der Waals surface area contributed by atoms with Crippen molar-refractivity contribution >= 4 is 23.2 Å². The van der Waals surface area contributed by atoms with Crippen LogP contribution in [0, 0.1) is 5.82 Å². The number of carbonyl (C=O) groups is 1. The number of hydrogen-bond acceptors (Lipinski definition) is 5. The summed E-state index contributed by atoms with van der Waals surface area (Å²) in [5.41, 5.74) is 8.26. The Morgan fingerprint density at radius 3 is 2.67 bits per heavy atom. The van der Waals surface area contributed by atoms with Crippen LogP contribution in [0.3, 0.4) is 0 Å². The van der Waals surface area contributed by atoms with E-state index in [4.69, 9.17) is 10.5 Å². The standard InChI is InChI=1S/C20H16FN5O2.C2H6/c21-16-7-6-14(8-17(16)22)18-11-26-10-15(9-23-19(26)25-18)24-20(27)28-12-13-4-2-1-3-5-13;1-2/h1-11H,12,22H2,(H,24,27);1-2H3. The average molecular weight is 407 g/mol. The van der Waals surface area contributed by atoms with Crippen LogP contribution in [0.15, 0.2) is 67.1 Å². The van der Waals surface area contributed by atoms with Crippen LogP contribution in [0.1, 0.15) is 19.4 Å². The number of imidazole rings is 1. The van der Waals surface area contributed by atoms with Crippen LogP contribution < -0.4 is 11.1 Å². The van der Waals surface area contributed by atoms with Gasteiger partial charge in [0.2, 0.25) is 5.78 Å². The van der Waals surface area contributed by atoms with Crippen molar-refractivity contribution < 1.29 is 13.9 Å². The second kappa shape index (κ2) is 9.51. The number of nitrogens with two attached hydrogens (primary N) is 1. The third-order valence-corrected chi connectivity index (χ3v) is 4.06. The summed E-state index contributed by atoms with van der Waals surface area (Å²) in [5.74, 6) is -0.0489. The maximum Gasteiger partial charge on any atom is 0.412 e. The number of nitrogens with zero attached hydrogens (tertiary/aromatic N) is 3. The third-order valence-electron chi connectivity index (χ3n) is 4.06. The minimum atomic E-state index is -0.586. The molecule has 0 unspecified atom stereocenters. The minimum Gasteiger partial charge on any atom is -0.444 e. The van der Waals surface area contributed by atoms with E-state index in [1.165, 1.54) is 18.3 Å². The van der Waals surface area contributed by atoms with E-state index < -0.39 is 11.9 Å². The highest BCUT2D eigenvalue weighted by molar-refractivity contribution is 5.84. The number of aromatic nitrogens is 3. The third kappa shape index (κ3) is 4.91. The molecule has 0 bridgehead atoms. The van der Waals surface area contributed by atoms with Gasteiger partial charge in [0.15, 0.2) is 0 Å². The molecular formula is C22H22FN5O2. The summed E-state index contributed by atoms with van der Waals surface area (Å²) in [4.78, 5) is 20.6. The van der Waals surface area contributed by atoms with E-state index in [1.54, 1.807) is 22.9 Å². The second-order valence-electron chi connectivity index (χ2n) is 6.10. The Balaban J connectivity index is 0.00000124. The molecule has 30 heavy (non-hydrogen) atoms. The van der Waals surface area contributed by atoms with E-state index in [0.717, 1.165) is 5.56 Å². The molecule has 154 valence electrons. The largest absolute Gasteiger partial charge is 0.444 e. The lowest BCUT2D eigenvalue weighted by atomic mass is 10.1. The fraction of sp³-hybridized carbons (Fsp3) is 0.136. The van der Waals surface area contributed by atoms with Crippen LogP contribution >= 0.6 is 0 Å². The molecule has 0 aliphatic carbocycles. The fourth-order valence-electron chi connectivity index (χ4n) is 2.67. The van der Waals surface area contributed by atoms with Crippen LogP contribution in [-0.2, 0) is 11.3 Å². The van der Waals surface area contributed by atoms with Crippen LogP contribution in [0.4, 0.5) is 20.6 Å². The molecule has 0 saturated carbocycles. The first-order valence-corrected chi connectivity index (χ1v) is 9.46. The molecule has 0 aliphatic heterocycles. The molecule has 7 nitrogen and oxygen atoms in total. The normalized spacial score (nSPS) is 10.2. The van der Waals surface area contributed by atoms with Crippen molar-refractivity contribution in [2.45, 2.75) is 20.5 Å². The Morgan fingerprint density at radius 2 is 1.93 bits per heavy atom. The molecule has 2 aromatic carbocycles. The Morgan fingerprint density at radius 1 is 1.17 bits per heavy atom. The zero-order chi connectivity index (χ0) is 21.5. The van der Waals surface area contributed by atoms with Crippen molar-refractivity contribution in [3.63, 3.8) is 0 Å². The van der Waals surface area contributed by atoms with Gasteiger partial charge in [0.1, 0.15) is 12.4 Å². The summed E-state index contributed by atoms with van der Waals surface area (Å²) in [7, 11) is 0. The maximum atomic E-state index is 13.3. The topological polar surface area (TPSA) is 94.5 Å². The summed E-state index contributed by atoms with van der Waals surface area (Å²) < 4.78 is 20.2. The number of nitrogen functional groups attached to an aromatic ring is 1. The molecule has 2 heterocycles. The number of carbonyl (C=O) groups excluding carboxylic acids is 1. The number of fused-ring (bicyclic) bond motifs is 1. The van der Waals surface area contributed by atoms with Crippen molar-refractivity contribution in [2.24, 2.45) is 0 Å². The molecule has 3 N–H and O–H groups in total. The summed E-state index contributed by atoms with van der Waals surface area (Å²) in [6.07, 6.45) is 4.27. The summed E-state index contributed by atoms with van der Waals surface area (Å²) >= 11 is 0. The van der Waals surface area contributed by atoms with Crippen LogP contribution in [-0.4, -0.2) is 20.5 Å². The van der Waals surface area contributed by atoms with Gasteiger partial charge in [-0.2, -0.15) is 0 Å². The van der Waals surface area contributed by atoms with E-state index >= 15 is 0 Å². The molecule has 2 aromatic heterocycles. The highest BCUT2D eigenvalue weighted by Crippen LogP contribution is 2.23. The number of hydrogen-bond donors (Lipinski definition) is 2. The van der Waals surface area contributed by atoms with Gasteiger partial charge in [-0.15, -0.1) is 0 Å². The predicted octanol–water partition coefficient (Wildman–Crippen LogP) is 4.89. The quantitative estimate of drug-likeness (QED) is 0.470. The Hall–Kier alpha value is -3.94. The number of halogens is 1. The molecule has 4 rings (SSSR count). The second-order valence-corrected chi connectivity index (χ2v) is 6.10. The fourth-order valence-corrected chi connectivity index (χ4v) is 2.67. The zero-order valence-electron chi connectivity index (χ0n) is 16.7. The molecule has 0 fully saturated rings. The van der Waals surface area contributed by atoms with Gasteiger partial charge < -0.3 is 10.5 Å². The molecule has 8 heteroatoms. The smallest absolute Gasteiger partial charge is 0.412 e. The predicted molar refractivity (Wildman–Crippen MR) is 114 cm³/mol. The van der Waals surface area contributed by atoms with Gasteiger partial charge in [-0.25, -0.2) is 19.2 Å². The Bertz CT molecular complexity index is 1140. The van der Waals surface area contributed by atoms with Crippen LogP contribution in [0.2, 0.25) is 0 Å². The van der Waals surface area contributed by atoms with Crippen molar-refractivity contribution in [3.8, 4) is 11.3 Å². The number of amides is 1. The highest BCUT2D eigenvalue weighted by Gasteiger charge is 2.10. The first-order chi connectivity index (χ1) is 14.6.